The van der Waals surface area contributed by atoms with E-state index in [0.717, 1.165) is 48.1 Å². The van der Waals surface area contributed by atoms with Crippen molar-refractivity contribution in [1.29, 1.82) is 0 Å². The van der Waals surface area contributed by atoms with Crippen LogP contribution in [-0.4, -0.2) is 42.2 Å². The van der Waals surface area contributed by atoms with Crippen LogP contribution >= 0.6 is 11.3 Å². The Labute approximate surface area is 146 Å². The summed E-state index contributed by atoms with van der Waals surface area (Å²) < 4.78 is 5.40. The molecule has 0 spiro atoms. The third-order valence-corrected chi connectivity index (χ3v) is 5.16. The van der Waals surface area contributed by atoms with Gasteiger partial charge in [0.2, 0.25) is 0 Å². The topological polar surface area (TPSA) is 54.5 Å². The predicted octanol–water partition coefficient (Wildman–Crippen LogP) is 4.01. The third kappa shape index (κ3) is 4.13. The number of carbonyl (C=O) groups excluding carboxylic acids is 1. The van der Waals surface area contributed by atoms with Gasteiger partial charge in [-0.1, -0.05) is 12.1 Å². The molecule has 1 aliphatic rings. The summed E-state index contributed by atoms with van der Waals surface area (Å²) in [6.45, 7) is 6.98. The van der Waals surface area contributed by atoms with Crippen LogP contribution in [0.15, 0.2) is 29.6 Å². The number of amides is 2. The number of urea groups is 1. The average Bonchev–Trinajstić information content (AvgIpc) is 3.24. The van der Waals surface area contributed by atoms with Crippen molar-refractivity contribution in [3.8, 4) is 10.6 Å². The second-order valence-corrected chi connectivity index (χ2v) is 6.93. The summed E-state index contributed by atoms with van der Waals surface area (Å²) in [5, 5.41) is 6.01. The number of rotatable bonds is 5. The van der Waals surface area contributed by atoms with Gasteiger partial charge in [0.1, 0.15) is 5.01 Å². The number of anilines is 1. The van der Waals surface area contributed by atoms with Crippen molar-refractivity contribution in [2.24, 2.45) is 5.92 Å². The van der Waals surface area contributed by atoms with Crippen LogP contribution < -0.4 is 5.32 Å². The predicted molar refractivity (Wildman–Crippen MR) is 97.5 cm³/mol. The fraction of sp³-hybridized carbons (Fsp3) is 0.444. The second kappa shape index (κ2) is 7.77. The number of benzene rings is 1. The fourth-order valence-electron chi connectivity index (χ4n) is 2.81. The summed E-state index contributed by atoms with van der Waals surface area (Å²) in [5.74, 6) is 0.445. The minimum atomic E-state index is -0.0585. The van der Waals surface area contributed by atoms with Crippen LogP contribution in [0.2, 0.25) is 0 Å². The van der Waals surface area contributed by atoms with Crippen molar-refractivity contribution in [3.63, 3.8) is 0 Å². The SMILES string of the molecule is CCN(CC1CCOC1)C(=O)Nc1cccc(-c2nc(C)cs2)c1. The Morgan fingerprint density at radius 2 is 2.38 bits per heavy atom. The molecule has 1 aromatic heterocycles. The lowest BCUT2D eigenvalue weighted by Gasteiger charge is -2.24. The largest absolute Gasteiger partial charge is 0.381 e. The van der Waals surface area contributed by atoms with Crippen molar-refractivity contribution < 1.29 is 9.53 Å². The van der Waals surface area contributed by atoms with Crippen LogP contribution in [-0.2, 0) is 4.74 Å². The lowest BCUT2D eigenvalue weighted by molar-refractivity contribution is 0.171. The van der Waals surface area contributed by atoms with Crippen LogP contribution in [0.3, 0.4) is 0 Å². The van der Waals surface area contributed by atoms with E-state index in [4.69, 9.17) is 4.74 Å². The fourth-order valence-corrected chi connectivity index (χ4v) is 3.61. The standard InChI is InChI=1S/C18H23N3O2S/c1-3-21(10-14-7-8-23-11-14)18(22)20-16-6-4-5-15(9-16)17-19-13(2)12-24-17/h4-6,9,12,14H,3,7-8,10-11H2,1-2H3,(H,20,22). The molecule has 1 atom stereocenters. The highest BCUT2D eigenvalue weighted by Crippen LogP contribution is 2.26. The molecule has 5 nitrogen and oxygen atoms in total. The molecule has 0 bridgehead atoms. The Bertz CT molecular complexity index is 695. The van der Waals surface area contributed by atoms with E-state index in [1.807, 2.05) is 48.4 Å². The summed E-state index contributed by atoms with van der Waals surface area (Å²) in [7, 11) is 0. The molecule has 0 saturated carbocycles. The van der Waals surface area contributed by atoms with Gasteiger partial charge in [-0.3, -0.25) is 0 Å². The Balaban J connectivity index is 1.66. The highest BCUT2D eigenvalue weighted by atomic mass is 32.1. The first-order valence-electron chi connectivity index (χ1n) is 8.32. The molecular weight excluding hydrogens is 322 g/mol. The second-order valence-electron chi connectivity index (χ2n) is 6.07. The zero-order chi connectivity index (χ0) is 16.9. The number of carbonyl (C=O) groups is 1. The molecule has 2 heterocycles. The summed E-state index contributed by atoms with van der Waals surface area (Å²) in [6.07, 6.45) is 1.03. The van der Waals surface area contributed by atoms with E-state index in [9.17, 15) is 4.79 Å². The van der Waals surface area contributed by atoms with Gasteiger partial charge in [-0.15, -0.1) is 11.3 Å². The molecule has 3 rings (SSSR count). The maximum absolute atomic E-state index is 12.5. The van der Waals surface area contributed by atoms with Crippen LogP contribution in [0.5, 0.6) is 0 Å². The van der Waals surface area contributed by atoms with Crippen LogP contribution in [0.4, 0.5) is 10.5 Å². The molecule has 0 radical (unpaired) electrons. The molecule has 1 aromatic carbocycles. The number of nitrogens with one attached hydrogen (secondary N) is 1. The molecule has 1 aliphatic heterocycles. The molecule has 1 unspecified atom stereocenters. The maximum atomic E-state index is 12.5. The summed E-state index contributed by atoms with van der Waals surface area (Å²) in [5.41, 5.74) is 2.84. The van der Waals surface area contributed by atoms with E-state index in [1.54, 1.807) is 11.3 Å². The van der Waals surface area contributed by atoms with Crippen molar-refractivity contribution in [1.82, 2.24) is 9.88 Å². The van der Waals surface area contributed by atoms with E-state index in [1.165, 1.54) is 0 Å². The highest BCUT2D eigenvalue weighted by molar-refractivity contribution is 7.13. The molecular formula is C18H23N3O2S. The van der Waals surface area contributed by atoms with Crippen molar-refractivity contribution >= 4 is 23.1 Å². The summed E-state index contributed by atoms with van der Waals surface area (Å²) in [4.78, 5) is 18.9. The number of hydrogen-bond donors (Lipinski definition) is 1. The van der Waals surface area contributed by atoms with Gasteiger partial charge >= 0.3 is 6.03 Å². The summed E-state index contributed by atoms with van der Waals surface area (Å²) in [6, 6.07) is 7.79. The molecule has 128 valence electrons. The van der Waals surface area contributed by atoms with Gasteiger partial charge in [-0.25, -0.2) is 9.78 Å². The van der Waals surface area contributed by atoms with Crippen molar-refractivity contribution in [3.05, 3.63) is 35.3 Å². The van der Waals surface area contributed by atoms with E-state index in [-0.39, 0.29) is 6.03 Å². The number of nitrogens with zero attached hydrogens (tertiary/aromatic N) is 2. The van der Waals surface area contributed by atoms with E-state index in [0.29, 0.717) is 12.5 Å². The molecule has 2 aromatic rings. The molecule has 1 N–H and O–H groups in total. The van der Waals surface area contributed by atoms with E-state index < -0.39 is 0 Å². The zero-order valence-corrected chi connectivity index (χ0v) is 14.9. The van der Waals surface area contributed by atoms with E-state index in [2.05, 4.69) is 10.3 Å². The number of thiazole rings is 1. The lowest BCUT2D eigenvalue weighted by Crippen LogP contribution is -2.38. The maximum Gasteiger partial charge on any atom is 0.321 e. The average molecular weight is 345 g/mol. The highest BCUT2D eigenvalue weighted by Gasteiger charge is 2.21. The first-order chi connectivity index (χ1) is 11.7. The van der Waals surface area contributed by atoms with Gasteiger partial charge in [-0.05, 0) is 32.4 Å². The van der Waals surface area contributed by atoms with Crippen LogP contribution in [0, 0.1) is 12.8 Å². The molecule has 1 fully saturated rings. The summed E-state index contributed by atoms with van der Waals surface area (Å²) >= 11 is 1.61. The van der Waals surface area contributed by atoms with Gasteiger partial charge in [0.15, 0.2) is 0 Å². The van der Waals surface area contributed by atoms with Crippen LogP contribution in [0.25, 0.3) is 10.6 Å². The number of ether oxygens (including phenoxy) is 1. The Morgan fingerprint density at radius 3 is 3.04 bits per heavy atom. The normalized spacial score (nSPS) is 17.0. The minimum absolute atomic E-state index is 0.0585. The van der Waals surface area contributed by atoms with Gasteiger partial charge in [0.05, 0.1) is 6.61 Å². The molecule has 24 heavy (non-hydrogen) atoms. The minimum Gasteiger partial charge on any atom is -0.381 e. The van der Waals surface area contributed by atoms with E-state index >= 15 is 0 Å². The molecule has 1 saturated heterocycles. The zero-order valence-electron chi connectivity index (χ0n) is 14.1. The lowest BCUT2D eigenvalue weighted by atomic mass is 10.1. The number of aromatic nitrogens is 1. The van der Waals surface area contributed by atoms with Gasteiger partial charge in [0.25, 0.3) is 0 Å². The smallest absolute Gasteiger partial charge is 0.321 e. The monoisotopic (exact) mass is 345 g/mol. The molecule has 2 amide bonds. The first-order valence-corrected chi connectivity index (χ1v) is 9.20. The Hall–Kier alpha value is -1.92. The molecule has 0 aliphatic carbocycles. The van der Waals surface area contributed by atoms with Crippen molar-refractivity contribution in [2.45, 2.75) is 20.3 Å². The third-order valence-electron chi connectivity index (χ3n) is 4.15. The van der Waals surface area contributed by atoms with Gasteiger partial charge < -0.3 is 15.0 Å². The Kier molecular flexibility index (Phi) is 5.48. The van der Waals surface area contributed by atoms with Gasteiger partial charge in [0, 0.05) is 47.9 Å². The molecule has 6 heteroatoms. The first kappa shape index (κ1) is 16.9. The van der Waals surface area contributed by atoms with Gasteiger partial charge in [-0.2, -0.15) is 0 Å². The number of hydrogen-bond acceptors (Lipinski definition) is 4. The quantitative estimate of drug-likeness (QED) is 0.891. The number of aryl methyl sites for hydroxylation is 1. The van der Waals surface area contributed by atoms with Crippen LogP contribution in [0.1, 0.15) is 19.0 Å². The van der Waals surface area contributed by atoms with Crippen molar-refractivity contribution in [2.75, 3.05) is 31.6 Å². The Morgan fingerprint density at radius 1 is 1.50 bits per heavy atom.